The molecule has 1 fully saturated rings. The van der Waals surface area contributed by atoms with Gasteiger partial charge in [-0.2, -0.15) is 0 Å². The molecular formula is C19H20Cl2O5. The molecule has 0 atom stereocenters. The molecule has 1 aromatic carbocycles. The Bertz CT molecular complexity index is 763. The van der Waals surface area contributed by atoms with Crippen molar-refractivity contribution in [3.8, 4) is 0 Å². The van der Waals surface area contributed by atoms with Crippen molar-refractivity contribution in [2.24, 2.45) is 5.92 Å². The molecule has 7 heteroatoms. The van der Waals surface area contributed by atoms with Gasteiger partial charge in [0.15, 0.2) is 11.4 Å². The van der Waals surface area contributed by atoms with Crippen LogP contribution in [-0.4, -0.2) is 31.3 Å². The van der Waals surface area contributed by atoms with Crippen LogP contribution in [0.5, 0.6) is 0 Å². The van der Waals surface area contributed by atoms with Gasteiger partial charge >= 0.3 is 11.9 Å². The topological polar surface area (TPSA) is 61.8 Å². The molecule has 0 bridgehead atoms. The standard InChI is InChI=1S/C19H20Cl2O5/c1-11(22)25-17-16(14-4-3-13(20)9-15(14)21)18(23)26-19(17)7-5-12(6-8-19)10-24-2/h3-4,9,12H,5-8,10H2,1-2H3. The average Bonchev–Trinajstić information content (AvgIpc) is 2.82. The lowest BCUT2D eigenvalue weighted by atomic mass is 9.77. The van der Waals surface area contributed by atoms with Crippen LogP contribution in [-0.2, 0) is 23.8 Å². The van der Waals surface area contributed by atoms with Gasteiger partial charge in [0.1, 0.15) is 5.57 Å². The summed E-state index contributed by atoms with van der Waals surface area (Å²) in [5, 5.41) is 0.758. The fourth-order valence-corrected chi connectivity index (χ4v) is 4.19. The fourth-order valence-electron chi connectivity index (χ4n) is 3.68. The first-order chi connectivity index (χ1) is 12.4. The molecule has 3 rings (SSSR count). The molecule has 0 radical (unpaired) electrons. The van der Waals surface area contributed by atoms with Gasteiger partial charge in [-0.25, -0.2) is 4.79 Å². The van der Waals surface area contributed by atoms with E-state index in [0.717, 1.165) is 12.8 Å². The number of carbonyl (C=O) groups is 2. The summed E-state index contributed by atoms with van der Waals surface area (Å²) in [4.78, 5) is 24.4. The van der Waals surface area contributed by atoms with Crippen LogP contribution in [0, 0.1) is 5.92 Å². The maximum Gasteiger partial charge on any atom is 0.343 e. The minimum Gasteiger partial charge on any atom is -0.447 e. The van der Waals surface area contributed by atoms with E-state index in [4.69, 9.17) is 37.4 Å². The maximum atomic E-state index is 12.7. The van der Waals surface area contributed by atoms with Crippen LogP contribution in [0.15, 0.2) is 24.0 Å². The van der Waals surface area contributed by atoms with Crippen molar-refractivity contribution in [3.05, 3.63) is 39.6 Å². The van der Waals surface area contributed by atoms with E-state index >= 15 is 0 Å². The van der Waals surface area contributed by atoms with Crippen molar-refractivity contribution in [1.29, 1.82) is 0 Å². The molecule has 1 aliphatic heterocycles. The number of esters is 2. The summed E-state index contributed by atoms with van der Waals surface area (Å²) in [7, 11) is 1.67. The first-order valence-electron chi connectivity index (χ1n) is 8.47. The van der Waals surface area contributed by atoms with Crippen LogP contribution < -0.4 is 0 Å². The zero-order valence-corrected chi connectivity index (χ0v) is 16.2. The van der Waals surface area contributed by atoms with E-state index in [1.54, 1.807) is 25.3 Å². The number of methoxy groups -OCH3 is 1. The van der Waals surface area contributed by atoms with E-state index in [1.165, 1.54) is 6.92 Å². The Morgan fingerprint density at radius 2 is 2.00 bits per heavy atom. The number of halogens is 2. The predicted molar refractivity (Wildman–Crippen MR) is 97.8 cm³/mol. The van der Waals surface area contributed by atoms with Crippen molar-refractivity contribution in [2.75, 3.05) is 13.7 Å². The summed E-state index contributed by atoms with van der Waals surface area (Å²) in [6.07, 6.45) is 2.77. The van der Waals surface area contributed by atoms with Crippen LogP contribution in [0.1, 0.15) is 38.2 Å². The van der Waals surface area contributed by atoms with Crippen LogP contribution >= 0.6 is 23.2 Å². The van der Waals surface area contributed by atoms with E-state index in [2.05, 4.69) is 0 Å². The van der Waals surface area contributed by atoms with Gasteiger partial charge in [-0.1, -0.05) is 29.3 Å². The third-order valence-electron chi connectivity index (χ3n) is 4.89. The third-order valence-corrected chi connectivity index (χ3v) is 5.44. The molecule has 1 saturated carbocycles. The van der Waals surface area contributed by atoms with Gasteiger partial charge in [0.25, 0.3) is 0 Å². The highest BCUT2D eigenvalue weighted by Gasteiger charge is 2.52. The first kappa shape index (κ1) is 19.2. The molecule has 26 heavy (non-hydrogen) atoms. The zero-order valence-electron chi connectivity index (χ0n) is 14.6. The maximum absolute atomic E-state index is 12.7. The smallest absolute Gasteiger partial charge is 0.343 e. The lowest BCUT2D eigenvalue weighted by Gasteiger charge is -2.36. The summed E-state index contributed by atoms with van der Waals surface area (Å²) < 4.78 is 16.5. The van der Waals surface area contributed by atoms with Gasteiger partial charge in [0, 0.05) is 31.2 Å². The lowest BCUT2D eigenvalue weighted by Crippen LogP contribution is -2.38. The quantitative estimate of drug-likeness (QED) is 0.703. The highest BCUT2D eigenvalue weighted by molar-refractivity contribution is 6.37. The van der Waals surface area contributed by atoms with E-state index in [-0.39, 0.29) is 11.3 Å². The summed E-state index contributed by atoms with van der Waals surface area (Å²) in [6.45, 7) is 1.97. The van der Waals surface area contributed by atoms with Gasteiger partial charge in [-0.15, -0.1) is 0 Å². The van der Waals surface area contributed by atoms with Crippen molar-refractivity contribution < 1.29 is 23.8 Å². The molecule has 5 nitrogen and oxygen atoms in total. The largest absolute Gasteiger partial charge is 0.447 e. The SMILES string of the molecule is COCC1CCC2(CC1)OC(=O)C(c1ccc(Cl)cc1Cl)=C2OC(C)=O. The highest BCUT2D eigenvalue weighted by atomic mass is 35.5. The van der Waals surface area contributed by atoms with E-state index in [9.17, 15) is 9.59 Å². The average molecular weight is 399 g/mol. The van der Waals surface area contributed by atoms with Crippen LogP contribution in [0.3, 0.4) is 0 Å². The Hall–Kier alpha value is -1.56. The second-order valence-electron chi connectivity index (χ2n) is 6.70. The van der Waals surface area contributed by atoms with Gasteiger partial charge in [-0.3, -0.25) is 4.79 Å². The Morgan fingerprint density at radius 3 is 2.58 bits per heavy atom. The predicted octanol–water partition coefficient (Wildman–Crippen LogP) is 4.40. The first-order valence-corrected chi connectivity index (χ1v) is 9.23. The molecule has 2 aliphatic rings. The third kappa shape index (κ3) is 3.61. The Morgan fingerprint density at radius 1 is 1.31 bits per heavy atom. The van der Waals surface area contributed by atoms with Gasteiger partial charge < -0.3 is 14.2 Å². The van der Waals surface area contributed by atoms with Crippen molar-refractivity contribution in [1.82, 2.24) is 0 Å². The van der Waals surface area contributed by atoms with Crippen molar-refractivity contribution in [2.45, 2.75) is 38.2 Å². The monoisotopic (exact) mass is 398 g/mol. The van der Waals surface area contributed by atoms with Gasteiger partial charge in [-0.05, 0) is 43.7 Å². The molecule has 140 valence electrons. The number of benzene rings is 1. The van der Waals surface area contributed by atoms with Crippen LogP contribution in [0.2, 0.25) is 10.0 Å². The second-order valence-corrected chi connectivity index (χ2v) is 7.55. The molecule has 1 aromatic rings. The molecule has 0 amide bonds. The van der Waals surface area contributed by atoms with Crippen LogP contribution in [0.25, 0.3) is 5.57 Å². The molecule has 1 aliphatic carbocycles. The van der Waals surface area contributed by atoms with Gasteiger partial charge in [0.05, 0.1) is 5.02 Å². The zero-order chi connectivity index (χ0) is 18.9. The Kier molecular flexibility index (Phi) is 5.61. The number of carbonyl (C=O) groups excluding carboxylic acids is 2. The summed E-state index contributed by atoms with van der Waals surface area (Å²) in [6, 6.07) is 4.82. The fraction of sp³-hybridized carbons (Fsp3) is 0.474. The molecule has 0 saturated heterocycles. The molecular weight excluding hydrogens is 379 g/mol. The van der Waals surface area contributed by atoms with Crippen molar-refractivity contribution in [3.63, 3.8) is 0 Å². The normalized spacial score (nSPS) is 25.5. The summed E-state index contributed by atoms with van der Waals surface area (Å²) in [5.74, 6) is -0.379. The van der Waals surface area contributed by atoms with E-state index in [1.807, 2.05) is 0 Å². The number of hydrogen-bond donors (Lipinski definition) is 0. The molecule has 1 heterocycles. The van der Waals surface area contributed by atoms with Crippen LogP contribution in [0.4, 0.5) is 0 Å². The van der Waals surface area contributed by atoms with E-state index < -0.39 is 17.5 Å². The molecule has 0 unspecified atom stereocenters. The molecule has 1 spiro atoms. The minimum atomic E-state index is -0.925. The second kappa shape index (κ2) is 7.59. The summed E-state index contributed by atoms with van der Waals surface area (Å²) in [5.41, 5.74) is -0.272. The summed E-state index contributed by atoms with van der Waals surface area (Å²) >= 11 is 12.2. The van der Waals surface area contributed by atoms with Crippen molar-refractivity contribution >= 4 is 40.7 Å². The Labute approximate surface area is 162 Å². The lowest BCUT2D eigenvalue weighted by molar-refractivity contribution is -0.156. The van der Waals surface area contributed by atoms with Gasteiger partial charge in [0.2, 0.25) is 0 Å². The number of rotatable bonds is 4. The minimum absolute atomic E-state index is 0.201. The molecule has 0 aromatic heterocycles. The highest BCUT2D eigenvalue weighted by Crippen LogP contribution is 2.49. The molecule has 0 N–H and O–H groups in total. The number of hydrogen-bond acceptors (Lipinski definition) is 5. The number of ether oxygens (including phenoxy) is 3. The Balaban J connectivity index is 2.03. The van der Waals surface area contributed by atoms with E-state index in [0.29, 0.717) is 41.0 Å².